The normalized spacial score (nSPS) is 11.3. The summed E-state index contributed by atoms with van der Waals surface area (Å²) >= 11 is 0. The van der Waals surface area contributed by atoms with Gasteiger partial charge in [-0.2, -0.15) is 0 Å². The molecule has 0 N–H and O–H groups in total. The van der Waals surface area contributed by atoms with Crippen molar-refractivity contribution in [1.29, 1.82) is 0 Å². The molecule has 2 aromatic rings. The molecule has 2 aromatic carbocycles. The average molecular weight is 282 g/mol. The van der Waals surface area contributed by atoms with Crippen LogP contribution >= 0.6 is 9.24 Å². The van der Waals surface area contributed by atoms with E-state index in [1.54, 1.807) is 0 Å². The summed E-state index contributed by atoms with van der Waals surface area (Å²) in [6, 6.07) is 16.3. The second kappa shape index (κ2) is 7.67. The summed E-state index contributed by atoms with van der Waals surface area (Å²) in [4.78, 5) is 0. The topological polar surface area (TPSA) is 9.23 Å². The van der Waals surface area contributed by atoms with E-state index >= 15 is 0 Å². The Hall–Kier alpha value is -1.85. The highest BCUT2D eigenvalue weighted by Gasteiger charge is 1.96. The lowest BCUT2D eigenvalue weighted by Crippen LogP contribution is -1.93. The van der Waals surface area contributed by atoms with Crippen LogP contribution in [0.25, 0.3) is 12.2 Å². The number of allylic oxidation sites excluding steroid dienone is 2. The fraction of sp³-hybridized carbons (Fsp3) is 0.111. The summed E-state index contributed by atoms with van der Waals surface area (Å²) in [7, 11) is 2.75. The number of ether oxygens (including phenoxy) is 1. The molecule has 2 heteroatoms. The van der Waals surface area contributed by atoms with Gasteiger partial charge < -0.3 is 4.74 Å². The third-order valence-corrected chi connectivity index (χ3v) is 3.40. The van der Waals surface area contributed by atoms with Gasteiger partial charge in [-0.25, -0.2) is 0 Å². The third kappa shape index (κ3) is 4.08. The molecule has 2 rings (SSSR count). The van der Waals surface area contributed by atoms with Gasteiger partial charge in [0.25, 0.3) is 0 Å². The molecule has 1 atom stereocenters. The van der Waals surface area contributed by atoms with Gasteiger partial charge in [0, 0.05) is 5.56 Å². The maximum Gasteiger partial charge on any atom is 0.126 e. The van der Waals surface area contributed by atoms with Crippen LogP contribution in [0.1, 0.15) is 18.1 Å². The average Bonchev–Trinajstić information content (AvgIpc) is 2.47. The molecule has 0 saturated heterocycles. The van der Waals surface area contributed by atoms with Crippen LogP contribution in [0.2, 0.25) is 0 Å². The van der Waals surface area contributed by atoms with E-state index in [1.165, 1.54) is 10.9 Å². The Morgan fingerprint density at radius 3 is 2.20 bits per heavy atom. The highest BCUT2D eigenvalue weighted by atomic mass is 31.0. The zero-order chi connectivity index (χ0) is 14.2. The smallest absolute Gasteiger partial charge is 0.126 e. The summed E-state index contributed by atoms with van der Waals surface area (Å²) < 4.78 is 5.59. The van der Waals surface area contributed by atoms with Gasteiger partial charge in [0.1, 0.15) is 5.75 Å². The molecule has 0 fully saturated rings. The standard InChI is InChI=1S/C18H19OP/c1-2-19-17-13-7-5-10-15(17)9-3-4-11-16-12-6-8-14-18(16)20/h3-14H,2,20H2,1H3/b9-3+,11-4+. The van der Waals surface area contributed by atoms with Crippen molar-refractivity contribution in [3.05, 3.63) is 71.8 Å². The number of benzene rings is 2. The first-order chi connectivity index (χ1) is 9.81. The Labute approximate surface area is 123 Å². The first kappa shape index (κ1) is 14.6. The Balaban J connectivity index is 2.09. The first-order valence-corrected chi connectivity index (χ1v) is 7.30. The molecule has 0 spiro atoms. The SMILES string of the molecule is CCOc1ccccc1/C=C/C=C/c1ccccc1P. The lowest BCUT2D eigenvalue weighted by Gasteiger charge is -2.05. The highest BCUT2D eigenvalue weighted by molar-refractivity contribution is 7.27. The Morgan fingerprint density at radius 1 is 0.900 bits per heavy atom. The van der Waals surface area contributed by atoms with Gasteiger partial charge in [0.15, 0.2) is 0 Å². The van der Waals surface area contributed by atoms with Crippen molar-refractivity contribution in [3.8, 4) is 5.75 Å². The maximum atomic E-state index is 5.59. The van der Waals surface area contributed by atoms with Gasteiger partial charge >= 0.3 is 0 Å². The summed E-state index contributed by atoms with van der Waals surface area (Å²) in [6.45, 7) is 2.68. The zero-order valence-electron chi connectivity index (χ0n) is 11.6. The fourth-order valence-corrected chi connectivity index (χ4v) is 2.19. The van der Waals surface area contributed by atoms with Crippen LogP contribution in [0.4, 0.5) is 0 Å². The predicted octanol–water partition coefficient (Wildman–Crippen LogP) is 4.31. The Bertz CT molecular complexity index is 614. The highest BCUT2D eigenvalue weighted by Crippen LogP contribution is 2.19. The molecule has 1 unspecified atom stereocenters. The molecule has 0 aromatic heterocycles. The van der Waals surface area contributed by atoms with Crippen molar-refractivity contribution < 1.29 is 4.74 Å². The number of hydrogen-bond acceptors (Lipinski definition) is 1. The monoisotopic (exact) mass is 282 g/mol. The predicted molar refractivity (Wildman–Crippen MR) is 91.5 cm³/mol. The van der Waals surface area contributed by atoms with Crippen LogP contribution in [0.5, 0.6) is 5.75 Å². The molecule has 20 heavy (non-hydrogen) atoms. The Kier molecular flexibility index (Phi) is 5.58. The van der Waals surface area contributed by atoms with Gasteiger partial charge in [-0.1, -0.05) is 66.8 Å². The molecular weight excluding hydrogens is 263 g/mol. The minimum absolute atomic E-state index is 0.682. The van der Waals surface area contributed by atoms with Crippen molar-refractivity contribution in [3.63, 3.8) is 0 Å². The zero-order valence-corrected chi connectivity index (χ0v) is 12.8. The third-order valence-electron chi connectivity index (χ3n) is 2.88. The quantitative estimate of drug-likeness (QED) is 0.586. The second-order valence-electron chi connectivity index (χ2n) is 4.32. The van der Waals surface area contributed by atoms with Gasteiger partial charge in [-0.15, -0.1) is 9.24 Å². The van der Waals surface area contributed by atoms with Gasteiger partial charge in [0.2, 0.25) is 0 Å². The van der Waals surface area contributed by atoms with Crippen LogP contribution in [-0.4, -0.2) is 6.61 Å². The maximum absolute atomic E-state index is 5.59. The lowest BCUT2D eigenvalue weighted by molar-refractivity contribution is 0.339. The molecule has 0 aliphatic carbocycles. The molecule has 102 valence electrons. The molecule has 0 aliphatic rings. The summed E-state index contributed by atoms with van der Waals surface area (Å²) in [6.07, 6.45) is 8.25. The molecule has 0 bridgehead atoms. The van der Waals surface area contributed by atoms with Gasteiger partial charge in [0.05, 0.1) is 6.61 Å². The summed E-state index contributed by atoms with van der Waals surface area (Å²) in [5.41, 5.74) is 2.30. The van der Waals surface area contributed by atoms with E-state index in [2.05, 4.69) is 39.6 Å². The molecule has 1 nitrogen and oxygen atoms in total. The Morgan fingerprint density at radius 2 is 1.50 bits per heavy atom. The lowest BCUT2D eigenvalue weighted by atomic mass is 10.1. The van der Waals surface area contributed by atoms with Gasteiger partial charge in [-0.3, -0.25) is 0 Å². The van der Waals surface area contributed by atoms with Crippen molar-refractivity contribution in [2.75, 3.05) is 6.61 Å². The van der Waals surface area contributed by atoms with Crippen molar-refractivity contribution in [1.82, 2.24) is 0 Å². The first-order valence-electron chi connectivity index (χ1n) is 6.72. The molecule has 0 saturated carbocycles. The minimum atomic E-state index is 0.682. The van der Waals surface area contributed by atoms with Crippen LogP contribution in [-0.2, 0) is 0 Å². The number of para-hydroxylation sites is 1. The van der Waals surface area contributed by atoms with Crippen molar-refractivity contribution in [2.45, 2.75) is 6.92 Å². The van der Waals surface area contributed by atoms with Crippen LogP contribution in [0.15, 0.2) is 60.7 Å². The fourth-order valence-electron chi connectivity index (χ4n) is 1.89. The van der Waals surface area contributed by atoms with E-state index < -0.39 is 0 Å². The van der Waals surface area contributed by atoms with Crippen LogP contribution < -0.4 is 10.0 Å². The van der Waals surface area contributed by atoms with E-state index in [9.17, 15) is 0 Å². The van der Waals surface area contributed by atoms with Crippen LogP contribution in [0.3, 0.4) is 0 Å². The largest absolute Gasteiger partial charge is 0.493 e. The van der Waals surface area contributed by atoms with E-state index in [1.807, 2.05) is 49.4 Å². The van der Waals surface area contributed by atoms with Crippen molar-refractivity contribution >= 4 is 26.7 Å². The minimum Gasteiger partial charge on any atom is -0.493 e. The second-order valence-corrected chi connectivity index (χ2v) is 4.94. The van der Waals surface area contributed by atoms with E-state index in [0.29, 0.717) is 6.61 Å². The molecular formula is C18H19OP. The molecule has 0 aliphatic heterocycles. The van der Waals surface area contributed by atoms with Gasteiger partial charge in [-0.05, 0) is 23.9 Å². The van der Waals surface area contributed by atoms with E-state index in [-0.39, 0.29) is 0 Å². The number of hydrogen-bond donors (Lipinski definition) is 0. The van der Waals surface area contributed by atoms with Crippen LogP contribution in [0, 0.1) is 0 Å². The van der Waals surface area contributed by atoms with E-state index in [4.69, 9.17) is 4.74 Å². The molecule has 0 heterocycles. The molecule has 0 radical (unpaired) electrons. The summed E-state index contributed by atoms with van der Waals surface area (Å²) in [5.74, 6) is 0.922. The number of rotatable bonds is 5. The summed E-state index contributed by atoms with van der Waals surface area (Å²) in [5, 5.41) is 1.20. The van der Waals surface area contributed by atoms with E-state index in [0.717, 1.165) is 11.3 Å². The molecule has 0 amide bonds. The van der Waals surface area contributed by atoms with Crippen molar-refractivity contribution in [2.24, 2.45) is 0 Å².